The third-order valence-electron chi connectivity index (χ3n) is 1.16. The van der Waals surface area contributed by atoms with Crippen LogP contribution in [0.3, 0.4) is 0 Å². The average Bonchev–Trinajstić information content (AvgIpc) is 1.53. The summed E-state index contributed by atoms with van der Waals surface area (Å²) in [5, 5.41) is 19.1. The maximum absolute atomic E-state index is 10.0. The van der Waals surface area contributed by atoms with Gasteiger partial charge in [0, 0.05) is 33.5 Å². The minimum absolute atomic E-state index is 0. The quantitative estimate of drug-likeness (QED) is 0.477. The fourth-order valence-electron chi connectivity index (χ4n) is 0.889. The molecule has 0 fully saturated rings. The van der Waals surface area contributed by atoms with Crippen molar-refractivity contribution in [2.45, 2.75) is 12.5 Å². The topological polar surface area (TPSA) is 60.4 Å². The van der Waals surface area contributed by atoms with E-state index in [9.17, 15) is 9.90 Å². The van der Waals surface area contributed by atoms with Gasteiger partial charge in [0.2, 0.25) is 0 Å². The van der Waals surface area contributed by atoms with Crippen LogP contribution in [-0.4, -0.2) is 49.4 Å². The van der Waals surface area contributed by atoms with E-state index in [1.54, 1.807) is 0 Å². The summed E-state index contributed by atoms with van der Waals surface area (Å²) in [6.45, 7) is 0.425. The second-order valence-electron chi connectivity index (χ2n) is 3.70. The van der Waals surface area contributed by atoms with Gasteiger partial charge in [-0.3, -0.25) is 0 Å². The number of likely N-dealkylation sites (N-methyl/N-ethyl adjacent to an activating group) is 1. The van der Waals surface area contributed by atoms with Crippen molar-refractivity contribution in [3.8, 4) is 0 Å². The van der Waals surface area contributed by atoms with Gasteiger partial charge in [-0.25, -0.2) is 0 Å². The molecule has 4 nitrogen and oxygen atoms in total. The van der Waals surface area contributed by atoms with E-state index in [2.05, 4.69) is 0 Å². The number of rotatable bonds is 4. The Kier molecular flexibility index (Phi) is 6.90. The molecule has 0 aliphatic carbocycles. The van der Waals surface area contributed by atoms with Crippen LogP contribution in [0.1, 0.15) is 6.42 Å². The standard InChI is InChI=1S/C7H15NO3.Mo/c1-8(2,3)5-6(9)4-7(10)11;/h6,9H,4-5H2,1-3H3;. The molecule has 5 heteroatoms. The van der Waals surface area contributed by atoms with Gasteiger partial charge in [0.1, 0.15) is 12.6 Å². The summed E-state index contributed by atoms with van der Waals surface area (Å²) in [4.78, 5) is 10.0. The molecule has 0 aromatic heterocycles. The first-order valence-electron chi connectivity index (χ1n) is 3.49. The molecular weight excluding hydrogens is 242 g/mol. The van der Waals surface area contributed by atoms with Gasteiger partial charge in [-0.05, 0) is 0 Å². The largest absolute Gasteiger partial charge is 0.550 e. The molecule has 0 rings (SSSR count). The molecule has 0 heterocycles. The van der Waals surface area contributed by atoms with Crippen molar-refractivity contribution < 1.29 is 40.6 Å². The summed E-state index contributed by atoms with van der Waals surface area (Å²) in [5.74, 6) is -1.20. The first-order valence-corrected chi connectivity index (χ1v) is 3.49. The number of hydrogen-bond acceptors (Lipinski definition) is 3. The molecule has 12 heavy (non-hydrogen) atoms. The van der Waals surface area contributed by atoms with Crippen LogP contribution >= 0.6 is 0 Å². The monoisotopic (exact) mass is 259 g/mol. The Labute approximate surface area is 87.0 Å². The van der Waals surface area contributed by atoms with E-state index in [-0.39, 0.29) is 27.5 Å². The van der Waals surface area contributed by atoms with Gasteiger partial charge in [0.05, 0.1) is 21.1 Å². The van der Waals surface area contributed by atoms with Crippen LogP contribution in [0.5, 0.6) is 0 Å². The Morgan fingerprint density at radius 3 is 2.17 bits per heavy atom. The molecule has 0 radical (unpaired) electrons. The number of carbonyl (C=O) groups excluding carboxylic acids is 1. The SMILES string of the molecule is C[N+](C)(C)CC(O)CC(=O)[O-].[Mo]. The van der Waals surface area contributed by atoms with Crippen LogP contribution < -0.4 is 5.11 Å². The van der Waals surface area contributed by atoms with Crippen LogP contribution in [0, 0.1) is 0 Å². The number of carbonyl (C=O) groups is 1. The number of carboxylic acid groups (broad SMARTS) is 1. The average molecular weight is 257 g/mol. The van der Waals surface area contributed by atoms with Crippen LogP contribution in [-0.2, 0) is 25.9 Å². The van der Waals surface area contributed by atoms with E-state index >= 15 is 0 Å². The van der Waals surface area contributed by atoms with E-state index in [1.165, 1.54) is 0 Å². The Morgan fingerprint density at radius 1 is 1.50 bits per heavy atom. The van der Waals surface area contributed by atoms with Crippen molar-refractivity contribution in [2.75, 3.05) is 27.7 Å². The van der Waals surface area contributed by atoms with E-state index in [0.717, 1.165) is 0 Å². The number of hydrogen-bond donors (Lipinski definition) is 1. The molecular formula is C7H15MoNO3. The third-order valence-corrected chi connectivity index (χ3v) is 1.16. The Bertz CT molecular complexity index is 144. The molecule has 0 bridgehead atoms. The Balaban J connectivity index is 0. The van der Waals surface area contributed by atoms with Gasteiger partial charge in [0.25, 0.3) is 0 Å². The van der Waals surface area contributed by atoms with Gasteiger partial charge in [-0.15, -0.1) is 0 Å². The van der Waals surface area contributed by atoms with Crippen molar-refractivity contribution in [3.63, 3.8) is 0 Å². The van der Waals surface area contributed by atoms with E-state index in [1.807, 2.05) is 21.1 Å². The van der Waals surface area contributed by atoms with Gasteiger partial charge in [-0.2, -0.15) is 0 Å². The summed E-state index contributed by atoms with van der Waals surface area (Å²) in [5.41, 5.74) is 0. The summed E-state index contributed by atoms with van der Waals surface area (Å²) in [7, 11) is 5.66. The maximum Gasteiger partial charge on any atom is 0.108 e. The maximum atomic E-state index is 10.0. The van der Waals surface area contributed by atoms with Crippen molar-refractivity contribution >= 4 is 5.97 Å². The molecule has 0 saturated carbocycles. The predicted molar refractivity (Wildman–Crippen MR) is 38.5 cm³/mol. The minimum Gasteiger partial charge on any atom is -0.550 e. The molecule has 72 valence electrons. The van der Waals surface area contributed by atoms with Gasteiger partial charge in [-0.1, -0.05) is 0 Å². The summed E-state index contributed by atoms with van der Waals surface area (Å²) >= 11 is 0. The molecule has 0 saturated heterocycles. The number of quaternary nitrogens is 1. The number of carboxylic acids is 1. The molecule has 0 aromatic carbocycles. The first kappa shape index (κ1) is 14.6. The van der Waals surface area contributed by atoms with E-state index < -0.39 is 12.1 Å². The van der Waals surface area contributed by atoms with E-state index in [0.29, 0.717) is 11.0 Å². The van der Waals surface area contributed by atoms with E-state index in [4.69, 9.17) is 5.11 Å². The van der Waals surface area contributed by atoms with Crippen molar-refractivity contribution in [1.82, 2.24) is 0 Å². The Morgan fingerprint density at radius 2 is 1.92 bits per heavy atom. The van der Waals surface area contributed by atoms with Gasteiger partial charge >= 0.3 is 0 Å². The van der Waals surface area contributed by atoms with Crippen LogP contribution in [0.25, 0.3) is 0 Å². The summed E-state index contributed by atoms with van der Waals surface area (Å²) in [6.07, 6.45) is -1.09. The fraction of sp³-hybridized carbons (Fsp3) is 0.857. The number of aliphatic carboxylic acids is 1. The fourth-order valence-corrected chi connectivity index (χ4v) is 0.889. The third kappa shape index (κ3) is 10.1. The number of nitrogens with zero attached hydrogens (tertiary/aromatic N) is 1. The van der Waals surface area contributed by atoms with Crippen molar-refractivity contribution in [2.24, 2.45) is 0 Å². The Hall–Kier alpha value is 0.0783. The zero-order valence-corrected chi connectivity index (χ0v) is 9.62. The first-order chi connectivity index (χ1) is 4.81. The molecule has 0 amide bonds. The molecule has 1 unspecified atom stereocenters. The molecule has 1 N–H and O–H groups in total. The van der Waals surface area contributed by atoms with Gasteiger partial charge in [0.15, 0.2) is 0 Å². The van der Waals surface area contributed by atoms with Gasteiger partial charge < -0.3 is 19.5 Å². The number of aliphatic hydroxyl groups excluding tert-OH is 1. The zero-order chi connectivity index (χ0) is 9.07. The van der Waals surface area contributed by atoms with Crippen LogP contribution in [0.2, 0.25) is 0 Å². The normalized spacial score (nSPS) is 13.3. The van der Waals surface area contributed by atoms with Crippen molar-refractivity contribution in [3.05, 3.63) is 0 Å². The molecule has 1 atom stereocenters. The molecule has 0 aliphatic rings. The minimum atomic E-state index is -1.20. The second-order valence-corrected chi connectivity index (χ2v) is 3.70. The smallest absolute Gasteiger partial charge is 0.108 e. The molecule has 0 spiro atoms. The van der Waals surface area contributed by atoms with Crippen molar-refractivity contribution in [1.29, 1.82) is 0 Å². The molecule has 0 aromatic rings. The molecule has 0 aliphatic heterocycles. The summed E-state index contributed by atoms with van der Waals surface area (Å²) in [6, 6.07) is 0. The predicted octanol–water partition coefficient (Wildman–Crippen LogP) is -1.81. The second kappa shape index (κ2) is 5.68. The van der Waals surface area contributed by atoms with Crippen LogP contribution in [0.4, 0.5) is 0 Å². The zero-order valence-electron chi connectivity index (χ0n) is 7.61. The number of aliphatic hydroxyl groups is 1. The van der Waals surface area contributed by atoms with Crippen LogP contribution in [0.15, 0.2) is 0 Å². The summed E-state index contributed by atoms with van der Waals surface area (Å²) < 4.78 is 0.550.